The van der Waals surface area contributed by atoms with E-state index in [1.165, 1.54) is 135 Å². The van der Waals surface area contributed by atoms with Gasteiger partial charge in [0.2, 0.25) is 0 Å². The van der Waals surface area contributed by atoms with E-state index in [9.17, 15) is 4.79 Å². The van der Waals surface area contributed by atoms with Crippen LogP contribution in [0.4, 0.5) is 0 Å². The highest BCUT2D eigenvalue weighted by Gasteiger charge is 1.96. The summed E-state index contributed by atoms with van der Waals surface area (Å²) in [6.45, 7) is 8.74. The first-order chi connectivity index (χ1) is 16.2. The van der Waals surface area contributed by atoms with Crippen LogP contribution in [-0.4, -0.2) is 24.3 Å². The van der Waals surface area contributed by atoms with Gasteiger partial charge in [0, 0.05) is 19.6 Å². The van der Waals surface area contributed by atoms with E-state index in [0.29, 0.717) is 6.42 Å². The molecule has 0 aliphatic heterocycles. The summed E-state index contributed by atoms with van der Waals surface area (Å²) in [4.78, 5) is 10.1. The van der Waals surface area contributed by atoms with Crippen molar-refractivity contribution < 1.29 is 14.6 Å². The predicted molar refractivity (Wildman–Crippen MR) is 146 cm³/mol. The molecule has 0 saturated heterocycles. The third kappa shape index (κ3) is 39.0. The molecule has 0 aliphatic rings. The minimum absolute atomic E-state index is 0.341. The van der Waals surface area contributed by atoms with Crippen LogP contribution in [0.2, 0.25) is 0 Å². The summed E-state index contributed by atoms with van der Waals surface area (Å²) in [5.74, 6) is -0.663. The summed E-state index contributed by atoms with van der Waals surface area (Å²) in [5.41, 5.74) is 0. The zero-order chi connectivity index (χ0) is 24.7. The third-order valence-corrected chi connectivity index (χ3v) is 6.28. The Labute approximate surface area is 208 Å². The quantitative estimate of drug-likeness (QED) is 0.128. The van der Waals surface area contributed by atoms with Crippen molar-refractivity contribution in [3.05, 3.63) is 0 Å². The highest BCUT2D eigenvalue weighted by atomic mass is 16.5. The van der Waals surface area contributed by atoms with Crippen molar-refractivity contribution in [3.63, 3.8) is 0 Å². The minimum Gasteiger partial charge on any atom is -0.481 e. The van der Waals surface area contributed by atoms with Gasteiger partial charge < -0.3 is 9.84 Å². The van der Waals surface area contributed by atoms with Crippen LogP contribution >= 0.6 is 0 Å². The molecule has 0 saturated carbocycles. The molecule has 0 amide bonds. The van der Waals surface area contributed by atoms with Gasteiger partial charge in [-0.2, -0.15) is 0 Å². The Balaban J connectivity index is 0. The lowest BCUT2D eigenvalue weighted by molar-refractivity contribution is -0.137. The third-order valence-electron chi connectivity index (χ3n) is 6.28. The standard InChI is InChI=1S/C20H42O.C10H20O2/c1-3-5-7-9-11-13-15-17-19-21-20-18-16-14-12-10-8-6-4-2;1-2-3-4-5-6-7-8-9-10(11)12/h3-20H2,1-2H3;2-9H2,1H3,(H,11,12). The van der Waals surface area contributed by atoms with E-state index in [1.807, 2.05) is 0 Å². The molecule has 0 atom stereocenters. The summed E-state index contributed by atoms with van der Waals surface area (Å²) in [7, 11) is 0. The molecule has 0 spiro atoms. The summed E-state index contributed by atoms with van der Waals surface area (Å²) < 4.78 is 5.72. The molecular weight excluding hydrogens is 408 g/mol. The van der Waals surface area contributed by atoms with Crippen molar-refractivity contribution in [2.24, 2.45) is 0 Å². The number of ether oxygens (including phenoxy) is 1. The lowest BCUT2D eigenvalue weighted by Gasteiger charge is -2.05. The van der Waals surface area contributed by atoms with Gasteiger partial charge in [0.05, 0.1) is 0 Å². The van der Waals surface area contributed by atoms with Crippen LogP contribution in [0.5, 0.6) is 0 Å². The Morgan fingerprint density at radius 1 is 0.455 bits per heavy atom. The molecule has 0 aromatic rings. The van der Waals surface area contributed by atoms with Crippen LogP contribution in [0, 0.1) is 0 Å². The van der Waals surface area contributed by atoms with E-state index in [0.717, 1.165) is 26.1 Å². The Kier molecular flexibility index (Phi) is 35.2. The Morgan fingerprint density at radius 2 is 0.727 bits per heavy atom. The van der Waals surface area contributed by atoms with Gasteiger partial charge in [-0.1, -0.05) is 149 Å². The molecule has 0 fully saturated rings. The second kappa shape index (κ2) is 33.6. The fourth-order valence-electron chi connectivity index (χ4n) is 4.01. The van der Waals surface area contributed by atoms with Crippen molar-refractivity contribution in [2.75, 3.05) is 13.2 Å². The first-order valence-corrected chi connectivity index (χ1v) is 15.0. The van der Waals surface area contributed by atoms with E-state index >= 15 is 0 Å². The molecule has 3 heteroatoms. The van der Waals surface area contributed by atoms with Gasteiger partial charge in [0.15, 0.2) is 0 Å². The van der Waals surface area contributed by atoms with Crippen LogP contribution in [0.3, 0.4) is 0 Å². The number of carboxylic acids is 1. The van der Waals surface area contributed by atoms with Crippen LogP contribution in [0.15, 0.2) is 0 Å². The number of unbranched alkanes of at least 4 members (excludes halogenated alkanes) is 20. The maximum absolute atomic E-state index is 10.1. The zero-order valence-electron chi connectivity index (χ0n) is 23.1. The van der Waals surface area contributed by atoms with E-state index in [1.54, 1.807) is 0 Å². The molecule has 0 bridgehead atoms. The van der Waals surface area contributed by atoms with E-state index in [2.05, 4.69) is 20.8 Å². The number of carbonyl (C=O) groups is 1. The number of carboxylic acid groups (broad SMARTS) is 1. The monoisotopic (exact) mass is 470 g/mol. The van der Waals surface area contributed by atoms with E-state index < -0.39 is 5.97 Å². The summed E-state index contributed by atoms with van der Waals surface area (Å²) in [5, 5.41) is 8.35. The molecule has 0 aromatic heterocycles. The topological polar surface area (TPSA) is 46.5 Å². The molecule has 0 unspecified atom stereocenters. The van der Waals surface area contributed by atoms with Gasteiger partial charge in [-0.15, -0.1) is 0 Å². The number of hydrogen-bond donors (Lipinski definition) is 1. The molecule has 0 rings (SSSR count). The molecule has 0 radical (unpaired) electrons. The number of aliphatic carboxylic acids is 1. The SMILES string of the molecule is CCCCCCCCCC(=O)O.CCCCCCCCCCOCCCCCCCCCC. The van der Waals surface area contributed by atoms with Crippen molar-refractivity contribution in [1.29, 1.82) is 0 Å². The van der Waals surface area contributed by atoms with E-state index in [4.69, 9.17) is 9.84 Å². The fraction of sp³-hybridized carbons (Fsp3) is 0.967. The maximum atomic E-state index is 10.1. The first kappa shape index (κ1) is 34.6. The van der Waals surface area contributed by atoms with Gasteiger partial charge in [-0.05, 0) is 19.3 Å². The van der Waals surface area contributed by atoms with Crippen molar-refractivity contribution in [1.82, 2.24) is 0 Å². The summed E-state index contributed by atoms with van der Waals surface area (Å²) >= 11 is 0. The molecule has 33 heavy (non-hydrogen) atoms. The molecule has 0 aromatic carbocycles. The van der Waals surface area contributed by atoms with Gasteiger partial charge in [0.25, 0.3) is 0 Å². The van der Waals surface area contributed by atoms with Crippen LogP contribution in [0.25, 0.3) is 0 Å². The number of rotatable bonds is 26. The van der Waals surface area contributed by atoms with Crippen molar-refractivity contribution in [3.8, 4) is 0 Å². The number of hydrogen-bond acceptors (Lipinski definition) is 2. The van der Waals surface area contributed by atoms with Gasteiger partial charge in [0.1, 0.15) is 0 Å². The zero-order valence-corrected chi connectivity index (χ0v) is 23.1. The fourth-order valence-corrected chi connectivity index (χ4v) is 4.01. The largest absolute Gasteiger partial charge is 0.481 e. The molecule has 0 aliphatic carbocycles. The van der Waals surface area contributed by atoms with Crippen LogP contribution < -0.4 is 0 Å². The summed E-state index contributed by atoms with van der Waals surface area (Å²) in [6.07, 6.45) is 30.9. The molecule has 0 heterocycles. The van der Waals surface area contributed by atoms with Crippen LogP contribution in [0.1, 0.15) is 175 Å². The predicted octanol–water partition coefficient (Wildman–Crippen LogP) is 10.5. The van der Waals surface area contributed by atoms with Crippen LogP contribution in [-0.2, 0) is 9.53 Å². The smallest absolute Gasteiger partial charge is 0.303 e. The lowest BCUT2D eigenvalue weighted by atomic mass is 10.1. The average Bonchev–Trinajstić information content (AvgIpc) is 2.81. The van der Waals surface area contributed by atoms with Gasteiger partial charge in [-0.3, -0.25) is 4.79 Å². The maximum Gasteiger partial charge on any atom is 0.303 e. The minimum atomic E-state index is -0.663. The lowest BCUT2D eigenvalue weighted by Crippen LogP contribution is -1.97. The molecular formula is C30H62O3. The Bertz CT molecular complexity index is 325. The summed E-state index contributed by atoms with van der Waals surface area (Å²) in [6, 6.07) is 0. The first-order valence-electron chi connectivity index (χ1n) is 15.0. The van der Waals surface area contributed by atoms with E-state index in [-0.39, 0.29) is 0 Å². The molecule has 200 valence electrons. The van der Waals surface area contributed by atoms with Gasteiger partial charge in [-0.25, -0.2) is 0 Å². The molecule has 3 nitrogen and oxygen atoms in total. The average molecular weight is 471 g/mol. The highest BCUT2D eigenvalue weighted by molar-refractivity contribution is 5.66. The second-order valence-corrected chi connectivity index (χ2v) is 9.83. The highest BCUT2D eigenvalue weighted by Crippen LogP contribution is 2.10. The Morgan fingerprint density at radius 3 is 1.03 bits per heavy atom. The van der Waals surface area contributed by atoms with Crippen molar-refractivity contribution in [2.45, 2.75) is 175 Å². The molecule has 1 N–H and O–H groups in total. The normalized spacial score (nSPS) is 10.8. The van der Waals surface area contributed by atoms with Crippen molar-refractivity contribution >= 4 is 5.97 Å². The second-order valence-electron chi connectivity index (χ2n) is 9.83. The Hall–Kier alpha value is -0.570. The van der Waals surface area contributed by atoms with Gasteiger partial charge >= 0.3 is 5.97 Å².